The van der Waals surface area contributed by atoms with Gasteiger partial charge in [-0.2, -0.15) is 0 Å². The SMILES string of the molecule is CC(=O)NC(CC(N)=O)C(=O)NC(CC(=O)O)C(=O)NC1C(=O)NCC(=O)NC(CCCN)C(=O)NC(CC(=O)O)C(=O)NC(C)C(=O)NC(CC(=O)O)C(=O)NCC(=O)NC(CO)C(=O)NC(C(C)CC(=O)O)C(=O)NC(CC(=O)c2ccccc2N)C(=O)OC1C. The summed E-state index contributed by atoms with van der Waals surface area (Å²) >= 11 is 0. The lowest BCUT2D eigenvalue weighted by molar-refractivity contribution is -0.156. The largest absolute Gasteiger partial charge is 0.481 e. The van der Waals surface area contributed by atoms with Gasteiger partial charge in [0.05, 0.1) is 51.8 Å². The van der Waals surface area contributed by atoms with E-state index >= 15 is 0 Å². The number of carboxylic acid groups (broad SMARTS) is 4. The molecule has 0 saturated carbocycles. The molecule has 93 heavy (non-hydrogen) atoms. The van der Waals surface area contributed by atoms with E-state index in [1.807, 2.05) is 26.6 Å². The highest BCUT2D eigenvalue weighted by Crippen LogP contribution is 2.17. The summed E-state index contributed by atoms with van der Waals surface area (Å²) < 4.78 is 5.56. The van der Waals surface area contributed by atoms with Crippen molar-refractivity contribution >= 4 is 118 Å². The van der Waals surface area contributed by atoms with Crippen molar-refractivity contribution in [3.05, 3.63) is 29.8 Å². The molecule has 12 unspecified atom stereocenters. The van der Waals surface area contributed by atoms with Gasteiger partial charge < -0.3 is 111 Å². The minimum absolute atomic E-state index is 0.0712. The zero-order valence-corrected chi connectivity index (χ0v) is 50.4. The Hall–Kier alpha value is -10.9. The van der Waals surface area contributed by atoms with Crippen molar-refractivity contribution in [3.63, 3.8) is 0 Å². The topological polar surface area (TPSA) is 657 Å². The molecule has 1 aliphatic rings. The van der Waals surface area contributed by atoms with E-state index < -0.39 is 243 Å². The zero-order valence-electron chi connectivity index (χ0n) is 50.4. The second-order valence-electron chi connectivity index (χ2n) is 20.9. The lowest BCUT2D eigenvalue weighted by atomic mass is 9.96. The molecule has 23 N–H and O–H groups in total. The highest BCUT2D eigenvalue weighted by Gasteiger charge is 2.40. The maximum atomic E-state index is 14.5. The lowest BCUT2D eigenvalue weighted by Gasteiger charge is -2.30. The summed E-state index contributed by atoms with van der Waals surface area (Å²) in [5, 5.41) is 73.8. The number of benzene rings is 1. The molecule has 1 aliphatic heterocycles. The van der Waals surface area contributed by atoms with Crippen LogP contribution in [0.4, 0.5) is 5.69 Å². The quantitative estimate of drug-likeness (QED) is 0.0275. The van der Waals surface area contributed by atoms with Gasteiger partial charge in [-0.3, -0.25) is 86.3 Å². The number of amides is 13. The number of ether oxygens (including phenoxy) is 1. The number of hydrogen-bond donors (Lipinski definition) is 20. The summed E-state index contributed by atoms with van der Waals surface area (Å²) in [6.07, 6.45) is -9.25. The predicted octanol–water partition coefficient (Wildman–Crippen LogP) is -9.95. The number of carbonyl (C=O) groups is 19. The Morgan fingerprint density at radius 2 is 1.11 bits per heavy atom. The molecule has 0 aliphatic carbocycles. The van der Waals surface area contributed by atoms with Crippen LogP contribution in [0, 0.1) is 5.92 Å². The van der Waals surface area contributed by atoms with Gasteiger partial charge in [0.15, 0.2) is 5.78 Å². The molecule has 1 aromatic carbocycles. The number of Topliss-reactive ketones (excluding diaryl/α,β-unsaturated/α-hetero) is 1. The number of aliphatic carboxylic acids is 4. The van der Waals surface area contributed by atoms with E-state index in [1.165, 1.54) is 24.3 Å². The molecule has 1 saturated heterocycles. The van der Waals surface area contributed by atoms with Crippen molar-refractivity contribution in [1.82, 2.24) is 63.8 Å². The molecule has 1 aromatic rings. The second kappa shape index (κ2) is 37.9. The van der Waals surface area contributed by atoms with E-state index in [2.05, 4.69) is 37.2 Å². The van der Waals surface area contributed by atoms with Crippen molar-refractivity contribution in [3.8, 4) is 0 Å². The van der Waals surface area contributed by atoms with Crippen LogP contribution in [0.2, 0.25) is 0 Å². The summed E-state index contributed by atoms with van der Waals surface area (Å²) in [5.74, 6) is -28.5. The first kappa shape index (κ1) is 78.2. The maximum absolute atomic E-state index is 14.5. The minimum atomic E-state index is -2.37. The van der Waals surface area contributed by atoms with Crippen molar-refractivity contribution in [1.29, 1.82) is 0 Å². The number of aliphatic hydroxyl groups excluding tert-OH is 1. The van der Waals surface area contributed by atoms with Gasteiger partial charge in [0.25, 0.3) is 0 Å². The monoisotopic (exact) mass is 1320 g/mol. The Labute approximate surface area is 526 Å². The molecular formula is C53H75N15O25. The third-order valence-electron chi connectivity index (χ3n) is 13.2. The van der Waals surface area contributed by atoms with Crippen molar-refractivity contribution < 1.29 is 121 Å². The van der Waals surface area contributed by atoms with Crippen LogP contribution in [-0.4, -0.2) is 231 Å². The van der Waals surface area contributed by atoms with E-state index in [1.54, 1.807) is 0 Å². The van der Waals surface area contributed by atoms with Crippen LogP contribution in [0.5, 0.6) is 0 Å². The average molecular weight is 1320 g/mol. The summed E-state index contributed by atoms with van der Waals surface area (Å²) in [5.41, 5.74) is 16.4. The molecule has 512 valence electrons. The molecule has 1 heterocycles. The van der Waals surface area contributed by atoms with Gasteiger partial charge in [0, 0.05) is 24.6 Å². The summed E-state index contributed by atoms with van der Waals surface area (Å²) in [7, 11) is 0. The fourth-order valence-electron chi connectivity index (χ4n) is 8.47. The number of para-hydroxylation sites is 1. The second-order valence-corrected chi connectivity index (χ2v) is 20.9. The number of esters is 1. The van der Waals surface area contributed by atoms with E-state index in [0.717, 1.165) is 27.7 Å². The Kier molecular flexibility index (Phi) is 31.9. The number of cyclic esters (lactones) is 1. The molecule has 0 radical (unpaired) electrons. The van der Waals surface area contributed by atoms with Crippen molar-refractivity contribution in [2.75, 3.05) is 32.0 Å². The number of ketones is 1. The van der Waals surface area contributed by atoms with Gasteiger partial charge in [-0.15, -0.1) is 0 Å². The highest BCUT2D eigenvalue weighted by atomic mass is 16.5. The van der Waals surface area contributed by atoms with Gasteiger partial charge in [-0.1, -0.05) is 19.1 Å². The molecule has 13 amide bonds. The van der Waals surface area contributed by atoms with E-state index in [-0.39, 0.29) is 30.6 Å². The van der Waals surface area contributed by atoms with Crippen LogP contribution in [0.15, 0.2) is 24.3 Å². The molecule has 40 nitrogen and oxygen atoms in total. The molecule has 1 fully saturated rings. The first-order chi connectivity index (χ1) is 43.5. The Balaban J connectivity index is 2.96. The molecule has 12 atom stereocenters. The van der Waals surface area contributed by atoms with Crippen LogP contribution in [0.3, 0.4) is 0 Å². The number of hydrogen-bond acceptors (Lipinski definition) is 23. The molecular weight excluding hydrogens is 1250 g/mol. The summed E-state index contributed by atoms with van der Waals surface area (Å²) in [6, 6.07) is -15.4. The van der Waals surface area contributed by atoms with Gasteiger partial charge in [-0.25, -0.2) is 4.79 Å². The van der Waals surface area contributed by atoms with Gasteiger partial charge >= 0.3 is 29.8 Å². The maximum Gasteiger partial charge on any atom is 0.329 e. The number of rotatable bonds is 23. The van der Waals surface area contributed by atoms with Crippen molar-refractivity contribution in [2.45, 2.75) is 146 Å². The third kappa shape index (κ3) is 27.4. The summed E-state index contributed by atoms with van der Waals surface area (Å²) in [6.45, 7) is 0.0591. The number of nitrogens with one attached hydrogen (secondary N) is 12. The van der Waals surface area contributed by atoms with Crippen LogP contribution in [0.1, 0.15) is 89.4 Å². The van der Waals surface area contributed by atoms with Crippen LogP contribution >= 0.6 is 0 Å². The fourth-order valence-corrected chi connectivity index (χ4v) is 8.47. The minimum Gasteiger partial charge on any atom is -0.481 e. The van der Waals surface area contributed by atoms with Crippen molar-refractivity contribution in [2.24, 2.45) is 17.4 Å². The molecule has 40 heteroatoms. The number of aliphatic hydroxyl groups is 1. The van der Waals surface area contributed by atoms with E-state index in [9.17, 15) is 117 Å². The van der Waals surface area contributed by atoms with Gasteiger partial charge in [0.2, 0.25) is 76.8 Å². The number of carbonyl (C=O) groups excluding carboxylic acids is 15. The summed E-state index contributed by atoms with van der Waals surface area (Å²) in [4.78, 5) is 251. The Morgan fingerprint density at radius 1 is 0.591 bits per heavy atom. The molecule has 2 rings (SSSR count). The number of nitrogen functional groups attached to an aromatic ring is 1. The standard InChI is InChI=1S/C53H75N15O25/c1-21(12-38(75)76)42-52(91)66-32(13-34(71)25-8-5-6-9-26(25)55)53(92)93-23(3)43(68-49(88)31(17-41(81)82)65-48(87)28(14-35(56)72)60-24(4)70)51(90)58-19-36(73)61-27(10-7-11-54)46(85)64-30(16-40(79)80)47(86)59-22(2)44(83)63-29(15-39(77)78)45(84)57-18-37(74)62-33(20-69)50(89)67-42/h5-6,8-9,21-23,27-33,42-43,69H,7,10-20,54-55H2,1-4H3,(H2,56,72)(H,57,84)(H,58,90)(H,59,86)(H,60,70)(H,61,73)(H,62,74)(H,63,83)(H,64,85)(H,65,87)(H,66,91)(H,67,89)(H,68,88)(H,75,76)(H,77,78)(H,79,80)(H,81,82). The highest BCUT2D eigenvalue weighted by molar-refractivity contribution is 6.05. The Morgan fingerprint density at radius 3 is 1.65 bits per heavy atom. The van der Waals surface area contributed by atoms with Gasteiger partial charge in [-0.05, 0) is 51.3 Å². The smallest absolute Gasteiger partial charge is 0.329 e. The normalized spacial score (nSPS) is 23.1. The van der Waals surface area contributed by atoms with Crippen LogP contribution in [-0.2, 0) is 91.0 Å². The fraction of sp³-hybridized carbons (Fsp3) is 0.528. The van der Waals surface area contributed by atoms with E-state index in [0.29, 0.717) is 0 Å². The number of carboxylic acids is 4. The number of nitrogens with two attached hydrogens (primary N) is 3. The molecule has 0 aromatic heterocycles. The first-order valence-corrected chi connectivity index (χ1v) is 28.1. The zero-order chi connectivity index (χ0) is 70.6. The predicted molar refractivity (Wildman–Crippen MR) is 309 cm³/mol. The van der Waals surface area contributed by atoms with Crippen LogP contribution < -0.4 is 81.0 Å². The lowest BCUT2D eigenvalue weighted by Crippen LogP contribution is -2.61. The number of anilines is 1. The Bertz CT molecular complexity index is 3020. The van der Waals surface area contributed by atoms with Crippen LogP contribution in [0.25, 0.3) is 0 Å². The van der Waals surface area contributed by atoms with Gasteiger partial charge in [0.1, 0.15) is 66.5 Å². The number of primary amides is 1. The molecule has 0 bridgehead atoms. The first-order valence-electron chi connectivity index (χ1n) is 28.1. The molecule has 0 spiro atoms. The van der Waals surface area contributed by atoms with E-state index in [4.69, 9.17) is 21.9 Å². The average Bonchev–Trinajstić information content (AvgIpc) is 0.953. The third-order valence-corrected chi connectivity index (χ3v) is 13.2.